The number of hydrogen-bond donors (Lipinski definition) is 3. The summed E-state index contributed by atoms with van der Waals surface area (Å²) < 4.78 is 5.66. The highest BCUT2D eigenvalue weighted by Crippen LogP contribution is 2.33. The van der Waals surface area contributed by atoms with Crippen LogP contribution in [0.3, 0.4) is 0 Å². The summed E-state index contributed by atoms with van der Waals surface area (Å²) in [6, 6.07) is 5.30. The molecule has 10 nitrogen and oxygen atoms in total. The van der Waals surface area contributed by atoms with Gasteiger partial charge in [-0.05, 0) is 48.9 Å². The Morgan fingerprint density at radius 3 is 2.97 bits per heavy atom. The summed E-state index contributed by atoms with van der Waals surface area (Å²) in [6.45, 7) is 3.82. The molecule has 2 amide bonds. The minimum Gasteiger partial charge on any atom is -0.488 e. The van der Waals surface area contributed by atoms with Gasteiger partial charge < -0.3 is 30.3 Å². The van der Waals surface area contributed by atoms with Gasteiger partial charge in [0.15, 0.2) is 11.6 Å². The largest absolute Gasteiger partial charge is 0.488 e. The number of nitrogens with zero attached hydrogens (tertiary/aromatic N) is 4. The molecular weight excluding hydrogens is 436 g/mol. The van der Waals surface area contributed by atoms with E-state index in [9.17, 15) is 14.7 Å². The standard InChI is InChI=1S/C24H30N6O4/c31-21(32)14-19(17-13-20-23(27-15-17)26-8-12-34-20)30-11-10-29(24(30)33)9-2-4-18-6-5-16-3-1-7-25-22(16)28-18/h5-6,13,15,19H,1-4,7-12,14H2,(H,25,28)(H,26,27)(H,31,32). The van der Waals surface area contributed by atoms with E-state index in [-0.39, 0.29) is 12.5 Å². The summed E-state index contributed by atoms with van der Waals surface area (Å²) in [6.07, 6.45) is 5.24. The third-order valence-corrected chi connectivity index (χ3v) is 6.59. The molecule has 3 N–H and O–H groups in total. The minimum atomic E-state index is -0.958. The molecule has 1 fully saturated rings. The van der Waals surface area contributed by atoms with Crippen molar-refractivity contribution in [2.75, 3.05) is 50.0 Å². The predicted molar refractivity (Wildman–Crippen MR) is 126 cm³/mol. The Morgan fingerprint density at radius 2 is 2.09 bits per heavy atom. The van der Waals surface area contributed by atoms with Crippen LogP contribution in [0.5, 0.6) is 5.75 Å². The quantitative estimate of drug-likeness (QED) is 0.543. The van der Waals surface area contributed by atoms with Crippen molar-refractivity contribution in [2.24, 2.45) is 0 Å². The molecule has 0 radical (unpaired) electrons. The van der Waals surface area contributed by atoms with Crippen LogP contribution in [0.4, 0.5) is 16.4 Å². The van der Waals surface area contributed by atoms with E-state index >= 15 is 0 Å². The molecule has 3 aliphatic heterocycles. The number of fused-ring (bicyclic) bond motifs is 2. The number of aliphatic carboxylic acids is 1. The number of aromatic nitrogens is 2. The Morgan fingerprint density at radius 1 is 1.21 bits per heavy atom. The molecule has 0 aliphatic carbocycles. The van der Waals surface area contributed by atoms with E-state index in [0.717, 1.165) is 43.7 Å². The SMILES string of the molecule is O=C(O)CC(c1cnc2c(c1)OCCN2)N1CCN(CCCc2ccc3c(n2)NCCC3)C1=O. The molecule has 0 saturated carbocycles. The van der Waals surface area contributed by atoms with Crippen LogP contribution in [0.15, 0.2) is 24.4 Å². The molecule has 1 atom stereocenters. The van der Waals surface area contributed by atoms with Crippen molar-refractivity contribution < 1.29 is 19.4 Å². The zero-order valence-electron chi connectivity index (χ0n) is 19.1. The Balaban J connectivity index is 1.22. The molecule has 5 rings (SSSR count). The van der Waals surface area contributed by atoms with Gasteiger partial charge in [-0.15, -0.1) is 0 Å². The van der Waals surface area contributed by atoms with Crippen LogP contribution in [0, 0.1) is 0 Å². The summed E-state index contributed by atoms with van der Waals surface area (Å²) in [5.74, 6) is 1.26. The van der Waals surface area contributed by atoms with Crippen LogP contribution in [0.25, 0.3) is 0 Å². The zero-order chi connectivity index (χ0) is 23.5. The molecule has 5 heterocycles. The van der Waals surface area contributed by atoms with Crippen molar-refractivity contribution in [1.29, 1.82) is 0 Å². The van der Waals surface area contributed by atoms with E-state index in [2.05, 4.69) is 27.8 Å². The molecule has 3 aliphatic rings. The first kappa shape index (κ1) is 22.2. The first-order chi connectivity index (χ1) is 16.6. The average Bonchev–Trinajstić information content (AvgIpc) is 3.22. The number of carbonyl (C=O) groups excluding carboxylic acids is 1. The highest BCUT2D eigenvalue weighted by atomic mass is 16.5. The number of aryl methyl sites for hydroxylation is 2. The Kier molecular flexibility index (Phi) is 6.37. The molecule has 1 saturated heterocycles. The second-order valence-electron chi connectivity index (χ2n) is 8.91. The summed E-state index contributed by atoms with van der Waals surface area (Å²) in [5.41, 5.74) is 2.96. The van der Waals surface area contributed by atoms with E-state index in [0.29, 0.717) is 49.9 Å². The van der Waals surface area contributed by atoms with E-state index in [4.69, 9.17) is 9.72 Å². The van der Waals surface area contributed by atoms with E-state index in [1.165, 1.54) is 5.56 Å². The number of hydrogen-bond acceptors (Lipinski definition) is 7. The summed E-state index contributed by atoms with van der Waals surface area (Å²) in [4.78, 5) is 37.4. The molecule has 1 unspecified atom stereocenters. The number of nitrogens with one attached hydrogen (secondary N) is 2. The van der Waals surface area contributed by atoms with E-state index < -0.39 is 12.0 Å². The minimum absolute atomic E-state index is 0.136. The molecule has 0 spiro atoms. The van der Waals surface area contributed by atoms with E-state index in [1.807, 2.05) is 0 Å². The molecule has 2 aromatic rings. The van der Waals surface area contributed by atoms with Crippen molar-refractivity contribution in [3.8, 4) is 5.75 Å². The van der Waals surface area contributed by atoms with Crippen LogP contribution >= 0.6 is 0 Å². The Bertz CT molecular complexity index is 1080. The van der Waals surface area contributed by atoms with Gasteiger partial charge in [-0.25, -0.2) is 14.8 Å². The van der Waals surface area contributed by atoms with Gasteiger partial charge in [-0.2, -0.15) is 0 Å². The maximum Gasteiger partial charge on any atom is 0.320 e. The number of rotatable bonds is 8. The number of carboxylic acid groups (broad SMARTS) is 1. The van der Waals surface area contributed by atoms with Crippen LogP contribution < -0.4 is 15.4 Å². The molecule has 0 aromatic carbocycles. The predicted octanol–water partition coefficient (Wildman–Crippen LogP) is 2.53. The van der Waals surface area contributed by atoms with E-state index in [1.54, 1.807) is 22.1 Å². The molecule has 180 valence electrons. The molecule has 34 heavy (non-hydrogen) atoms. The first-order valence-electron chi connectivity index (χ1n) is 11.9. The highest BCUT2D eigenvalue weighted by molar-refractivity contribution is 5.78. The summed E-state index contributed by atoms with van der Waals surface area (Å²) >= 11 is 0. The first-order valence-corrected chi connectivity index (χ1v) is 11.9. The fourth-order valence-corrected chi connectivity index (χ4v) is 4.85. The summed E-state index contributed by atoms with van der Waals surface area (Å²) in [5, 5.41) is 16.0. The lowest BCUT2D eigenvalue weighted by atomic mass is 10.0. The average molecular weight is 467 g/mol. The van der Waals surface area contributed by atoms with Crippen molar-refractivity contribution in [3.05, 3.63) is 41.2 Å². The number of amides is 2. The maximum absolute atomic E-state index is 13.2. The zero-order valence-corrected chi connectivity index (χ0v) is 19.1. The molecule has 10 heteroatoms. The smallest absolute Gasteiger partial charge is 0.320 e. The number of carboxylic acids is 1. The van der Waals surface area contributed by atoms with Gasteiger partial charge in [-0.3, -0.25) is 4.79 Å². The fourth-order valence-electron chi connectivity index (χ4n) is 4.85. The monoisotopic (exact) mass is 466 g/mol. The van der Waals surface area contributed by atoms with Gasteiger partial charge in [0, 0.05) is 38.1 Å². The second kappa shape index (κ2) is 9.74. The van der Waals surface area contributed by atoms with Crippen molar-refractivity contribution >= 4 is 23.6 Å². The van der Waals surface area contributed by atoms with Gasteiger partial charge in [0.1, 0.15) is 12.4 Å². The third-order valence-electron chi connectivity index (χ3n) is 6.59. The van der Waals surface area contributed by atoms with Crippen LogP contribution in [0.1, 0.15) is 42.1 Å². The summed E-state index contributed by atoms with van der Waals surface area (Å²) in [7, 11) is 0. The third kappa shape index (κ3) is 4.71. The number of anilines is 2. The van der Waals surface area contributed by atoms with Gasteiger partial charge in [0.05, 0.1) is 19.0 Å². The number of pyridine rings is 2. The Hall–Kier alpha value is -3.56. The topological polar surface area (TPSA) is 120 Å². The van der Waals surface area contributed by atoms with Gasteiger partial charge >= 0.3 is 12.0 Å². The highest BCUT2D eigenvalue weighted by Gasteiger charge is 2.36. The number of carbonyl (C=O) groups is 2. The van der Waals surface area contributed by atoms with Crippen molar-refractivity contribution in [1.82, 2.24) is 19.8 Å². The lowest BCUT2D eigenvalue weighted by Crippen LogP contribution is -2.36. The normalized spacial score (nSPS) is 17.8. The van der Waals surface area contributed by atoms with Crippen LogP contribution in [-0.2, 0) is 17.6 Å². The maximum atomic E-state index is 13.2. The molecule has 2 aromatic heterocycles. The van der Waals surface area contributed by atoms with Crippen LogP contribution in [-0.4, -0.2) is 76.2 Å². The van der Waals surface area contributed by atoms with Crippen LogP contribution in [0.2, 0.25) is 0 Å². The molecular formula is C24H30N6O4. The van der Waals surface area contributed by atoms with Gasteiger partial charge in [0.2, 0.25) is 0 Å². The second-order valence-corrected chi connectivity index (χ2v) is 8.91. The van der Waals surface area contributed by atoms with Gasteiger partial charge in [-0.1, -0.05) is 6.07 Å². The lowest BCUT2D eigenvalue weighted by Gasteiger charge is -2.28. The van der Waals surface area contributed by atoms with Crippen molar-refractivity contribution in [2.45, 2.75) is 38.1 Å². The van der Waals surface area contributed by atoms with Crippen molar-refractivity contribution in [3.63, 3.8) is 0 Å². The lowest BCUT2D eigenvalue weighted by molar-refractivity contribution is -0.138. The Labute approximate surface area is 198 Å². The molecule has 0 bridgehead atoms. The van der Waals surface area contributed by atoms with Gasteiger partial charge in [0.25, 0.3) is 0 Å². The number of urea groups is 1. The fraction of sp³-hybridized carbons (Fsp3) is 0.500. The number of ether oxygens (including phenoxy) is 1.